The van der Waals surface area contributed by atoms with E-state index in [2.05, 4.69) is 20.3 Å². The maximum atomic E-state index is 5.46. The first kappa shape index (κ1) is 9.46. The molecular formula is C9H11N5O2. The van der Waals surface area contributed by atoms with E-state index < -0.39 is 0 Å². The van der Waals surface area contributed by atoms with Crippen LogP contribution in [0.2, 0.25) is 0 Å². The van der Waals surface area contributed by atoms with Crippen molar-refractivity contribution in [2.45, 2.75) is 25.5 Å². The van der Waals surface area contributed by atoms with E-state index in [-0.39, 0.29) is 6.10 Å². The van der Waals surface area contributed by atoms with Gasteiger partial charge in [-0.05, 0) is 12.8 Å². The van der Waals surface area contributed by atoms with Crippen molar-refractivity contribution < 1.29 is 9.26 Å². The molecule has 0 amide bonds. The van der Waals surface area contributed by atoms with Gasteiger partial charge in [-0.2, -0.15) is 4.98 Å². The lowest BCUT2D eigenvalue weighted by Crippen LogP contribution is -2.00. The average Bonchev–Trinajstić information content (AvgIpc) is 2.99. The topological polar surface area (TPSA) is 78.9 Å². The van der Waals surface area contributed by atoms with Gasteiger partial charge in [-0.25, -0.2) is 0 Å². The predicted molar refractivity (Wildman–Crippen MR) is 51.3 cm³/mol. The van der Waals surface area contributed by atoms with E-state index >= 15 is 0 Å². The largest absolute Gasteiger partial charge is 0.368 e. The van der Waals surface area contributed by atoms with E-state index in [1.807, 2.05) is 0 Å². The van der Waals surface area contributed by atoms with Gasteiger partial charge in [0, 0.05) is 6.61 Å². The first-order valence-corrected chi connectivity index (χ1v) is 5.18. The van der Waals surface area contributed by atoms with Crippen molar-refractivity contribution in [1.82, 2.24) is 24.9 Å². The third-order valence-electron chi connectivity index (χ3n) is 2.48. The molecule has 16 heavy (non-hydrogen) atoms. The summed E-state index contributed by atoms with van der Waals surface area (Å²) in [5.74, 6) is 1.19. The molecule has 0 aromatic carbocycles. The second kappa shape index (κ2) is 4.01. The summed E-state index contributed by atoms with van der Waals surface area (Å²) in [4.78, 5) is 4.29. The van der Waals surface area contributed by atoms with Crippen molar-refractivity contribution >= 4 is 0 Å². The van der Waals surface area contributed by atoms with Crippen LogP contribution in [0.5, 0.6) is 0 Å². The highest BCUT2D eigenvalue weighted by molar-refractivity contribution is 4.92. The van der Waals surface area contributed by atoms with Crippen molar-refractivity contribution in [3.63, 3.8) is 0 Å². The molecule has 3 heterocycles. The number of nitrogens with zero attached hydrogens (tertiary/aromatic N) is 5. The maximum absolute atomic E-state index is 5.46. The zero-order valence-electron chi connectivity index (χ0n) is 8.61. The molecule has 0 N–H and O–H groups in total. The van der Waals surface area contributed by atoms with Gasteiger partial charge in [-0.3, -0.25) is 0 Å². The Bertz CT molecular complexity index is 446. The smallest absolute Gasteiger partial charge is 0.255 e. The predicted octanol–water partition coefficient (Wildman–Crippen LogP) is 0.561. The molecule has 7 heteroatoms. The van der Waals surface area contributed by atoms with Crippen LogP contribution in [0.3, 0.4) is 0 Å². The monoisotopic (exact) mass is 221 g/mol. The minimum atomic E-state index is -0.0258. The summed E-state index contributed by atoms with van der Waals surface area (Å²) in [6.45, 7) is 1.29. The van der Waals surface area contributed by atoms with Gasteiger partial charge in [0.05, 0.1) is 6.54 Å². The SMILES string of the molecule is c1nncn1Cc1noc(C2CCCO2)n1. The molecular weight excluding hydrogens is 210 g/mol. The van der Waals surface area contributed by atoms with Gasteiger partial charge >= 0.3 is 0 Å². The molecule has 0 saturated carbocycles. The standard InChI is InChI=1S/C9H11N5O2/c1-2-7(15-3-1)9-12-8(13-16-9)4-14-5-10-11-6-14/h5-7H,1-4H2. The Kier molecular flexibility index (Phi) is 2.37. The minimum Gasteiger partial charge on any atom is -0.368 e. The van der Waals surface area contributed by atoms with Crippen LogP contribution < -0.4 is 0 Å². The number of ether oxygens (including phenoxy) is 1. The lowest BCUT2D eigenvalue weighted by atomic mass is 10.2. The molecule has 1 atom stereocenters. The molecule has 7 nitrogen and oxygen atoms in total. The van der Waals surface area contributed by atoms with Crippen molar-refractivity contribution in [2.75, 3.05) is 6.61 Å². The second-order valence-corrected chi connectivity index (χ2v) is 3.68. The van der Waals surface area contributed by atoms with Crippen LogP contribution in [0, 0.1) is 0 Å². The average molecular weight is 221 g/mol. The third kappa shape index (κ3) is 1.81. The zero-order chi connectivity index (χ0) is 10.8. The molecule has 1 fully saturated rings. The van der Waals surface area contributed by atoms with Gasteiger partial charge in [0.25, 0.3) is 5.89 Å². The van der Waals surface area contributed by atoms with Crippen molar-refractivity contribution in [2.24, 2.45) is 0 Å². The molecule has 0 bridgehead atoms. The van der Waals surface area contributed by atoms with Gasteiger partial charge < -0.3 is 13.8 Å². The number of rotatable bonds is 3. The molecule has 1 unspecified atom stereocenters. The maximum Gasteiger partial charge on any atom is 0.255 e. The molecule has 0 aliphatic carbocycles. The number of hydrogen-bond acceptors (Lipinski definition) is 6. The molecule has 2 aromatic heterocycles. The highest BCUT2D eigenvalue weighted by Gasteiger charge is 2.23. The van der Waals surface area contributed by atoms with Crippen LogP contribution in [-0.2, 0) is 11.3 Å². The summed E-state index contributed by atoms with van der Waals surface area (Å²) in [7, 11) is 0. The Morgan fingerprint density at radius 2 is 2.25 bits per heavy atom. The first-order valence-electron chi connectivity index (χ1n) is 5.18. The molecule has 3 rings (SSSR count). The fourth-order valence-electron chi connectivity index (χ4n) is 1.70. The van der Waals surface area contributed by atoms with E-state index in [1.165, 1.54) is 0 Å². The van der Waals surface area contributed by atoms with Crippen molar-refractivity contribution in [3.05, 3.63) is 24.4 Å². The normalized spacial score (nSPS) is 20.4. The van der Waals surface area contributed by atoms with Crippen LogP contribution in [-0.4, -0.2) is 31.5 Å². The molecule has 84 valence electrons. The van der Waals surface area contributed by atoms with Crippen LogP contribution in [0.4, 0.5) is 0 Å². The quantitative estimate of drug-likeness (QED) is 0.753. The fraction of sp³-hybridized carbons (Fsp3) is 0.556. The summed E-state index contributed by atoms with van der Waals surface area (Å²) >= 11 is 0. The minimum absolute atomic E-state index is 0.0258. The van der Waals surface area contributed by atoms with E-state index in [4.69, 9.17) is 9.26 Å². The van der Waals surface area contributed by atoms with E-state index in [9.17, 15) is 0 Å². The van der Waals surface area contributed by atoms with E-state index in [0.29, 0.717) is 18.3 Å². The number of hydrogen-bond donors (Lipinski definition) is 0. The van der Waals surface area contributed by atoms with E-state index in [0.717, 1.165) is 19.4 Å². The van der Waals surface area contributed by atoms with Crippen molar-refractivity contribution in [1.29, 1.82) is 0 Å². The van der Waals surface area contributed by atoms with Crippen LogP contribution in [0.1, 0.15) is 30.7 Å². The van der Waals surface area contributed by atoms with Crippen LogP contribution in [0.25, 0.3) is 0 Å². The highest BCUT2D eigenvalue weighted by Crippen LogP contribution is 2.26. The van der Waals surface area contributed by atoms with Gasteiger partial charge in [-0.15, -0.1) is 10.2 Å². The number of aromatic nitrogens is 5. The summed E-state index contributed by atoms with van der Waals surface area (Å²) in [5, 5.41) is 11.3. The molecule has 1 aliphatic heterocycles. The second-order valence-electron chi connectivity index (χ2n) is 3.68. The molecule has 0 radical (unpaired) electrons. The molecule has 1 aliphatic rings. The van der Waals surface area contributed by atoms with E-state index in [1.54, 1.807) is 17.2 Å². The highest BCUT2D eigenvalue weighted by atomic mass is 16.5. The van der Waals surface area contributed by atoms with Crippen LogP contribution in [0.15, 0.2) is 17.2 Å². The Morgan fingerprint density at radius 1 is 1.38 bits per heavy atom. The fourth-order valence-corrected chi connectivity index (χ4v) is 1.70. The summed E-state index contributed by atoms with van der Waals surface area (Å²) in [5.41, 5.74) is 0. The Labute approximate surface area is 91.4 Å². The summed E-state index contributed by atoms with van der Waals surface area (Å²) in [6.07, 6.45) is 5.20. The molecule has 1 saturated heterocycles. The van der Waals surface area contributed by atoms with Gasteiger partial charge in [0.2, 0.25) is 0 Å². The van der Waals surface area contributed by atoms with Gasteiger partial charge in [0.15, 0.2) is 5.82 Å². The Hall–Kier alpha value is -1.76. The van der Waals surface area contributed by atoms with Crippen LogP contribution >= 0.6 is 0 Å². The van der Waals surface area contributed by atoms with Crippen molar-refractivity contribution in [3.8, 4) is 0 Å². The summed E-state index contributed by atoms with van der Waals surface area (Å²) in [6, 6.07) is 0. The first-order chi connectivity index (χ1) is 7.92. The zero-order valence-corrected chi connectivity index (χ0v) is 8.61. The Balaban J connectivity index is 1.72. The van der Waals surface area contributed by atoms with Gasteiger partial charge in [-0.1, -0.05) is 5.16 Å². The summed E-state index contributed by atoms with van der Waals surface area (Å²) < 4.78 is 12.4. The van der Waals surface area contributed by atoms with Gasteiger partial charge in [0.1, 0.15) is 18.8 Å². The lowest BCUT2D eigenvalue weighted by Gasteiger charge is -2.00. The molecule has 0 spiro atoms. The third-order valence-corrected chi connectivity index (χ3v) is 2.48. The Morgan fingerprint density at radius 3 is 3.00 bits per heavy atom. The lowest BCUT2D eigenvalue weighted by molar-refractivity contribution is 0.0835. The molecule has 2 aromatic rings.